The smallest absolute Gasteiger partial charge is 0.321 e. The van der Waals surface area contributed by atoms with Gasteiger partial charge in [0.15, 0.2) is 0 Å². The number of hydrogen-bond acceptors (Lipinski definition) is 2. The van der Waals surface area contributed by atoms with Gasteiger partial charge in [0.1, 0.15) is 0 Å². The fraction of sp³-hybridized carbons (Fsp3) is 0.381. The Labute approximate surface area is 150 Å². The molecule has 0 radical (unpaired) electrons. The highest BCUT2D eigenvalue weighted by atomic mass is 16.2. The summed E-state index contributed by atoms with van der Waals surface area (Å²) in [5.41, 5.74) is 3.46. The molecule has 1 N–H and O–H groups in total. The van der Waals surface area contributed by atoms with E-state index < -0.39 is 0 Å². The number of benzene rings is 2. The Morgan fingerprint density at radius 2 is 1.48 bits per heavy atom. The lowest BCUT2D eigenvalue weighted by molar-refractivity contribution is 0.208. The molecule has 0 aliphatic carbocycles. The monoisotopic (exact) mass is 337 g/mol. The van der Waals surface area contributed by atoms with E-state index in [1.54, 1.807) is 0 Å². The third-order valence-corrected chi connectivity index (χ3v) is 4.69. The largest absolute Gasteiger partial charge is 0.368 e. The van der Waals surface area contributed by atoms with Crippen LogP contribution in [0.3, 0.4) is 0 Å². The molecule has 4 heteroatoms. The first-order valence-corrected chi connectivity index (χ1v) is 8.90. The van der Waals surface area contributed by atoms with Crippen molar-refractivity contribution in [2.24, 2.45) is 0 Å². The van der Waals surface area contributed by atoms with Gasteiger partial charge < -0.3 is 15.1 Å². The van der Waals surface area contributed by atoms with Gasteiger partial charge in [-0.25, -0.2) is 4.79 Å². The molecule has 3 rings (SSSR count). The zero-order valence-electron chi connectivity index (χ0n) is 15.3. The molecule has 1 fully saturated rings. The zero-order chi connectivity index (χ0) is 17.9. The first-order valence-electron chi connectivity index (χ1n) is 8.90. The molecular formula is C21H27N3O. The summed E-state index contributed by atoms with van der Waals surface area (Å²) in [5.74, 6) is 0. The van der Waals surface area contributed by atoms with Crippen molar-refractivity contribution in [1.29, 1.82) is 0 Å². The van der Waals surface area contributed by atoms with E-state index in [4.69, 9.17) is 0 Å². The van der Waals surface area contributed by atoms with Gasteiger partial charge in [-0.1, -0.05) is 51.1 Å². The second-order valence-electron chi connectivity index (χ2n) is 7.57. The van der Waals surface area contributed by atoms with Crippen LogP contribution in [0.15, 0.2) is 54.6 Å². The average molecular weight is 337 g/mol. The van der Waals surface area contributed by atoms with Crippen molar-refractivity contribution in [3.63, 3.8) is 0 Å². The van der Waals surface area contributed by atoms with Crippen molar-refractivity contribution in [1.82, 2.24) is 4.90 Å². The van der Waals surface area contributed by atoms with Crippen LogP contribution in [-0.4, -0.2) is 37.1 Å². The second kappa shape index (κ2) is 7.18. The number of nitrogens with one attached hydrogen (secondary N) is 1. The van der Waals surface area contributed by atoms with Crippen LogP contribution in [0, 0.1) is 0 Å². The van der Waals surface area contributed by atoms with Gasteiger partial charge in [0.2, 0.25) is 0 Å². The number of piperazine rings is 1. The Bertz CT molecular complexity index is 696. The Balaban J connectivity index is 1.54. The van der Waals surface area contributed by atoms with Gasteiger partial charge >= 0.3 is 6.03 Å². The van der Waals surface area contributed by atoms with Gasteiger partial charge in [0.25, 0.3) is 0 Å². The maximum absolute atomic E-state index is 12.5. The summed E-state index contributed by atoms with van der Waals surface area (Å²) in [6.07, 6.45) is 0. The minimum absolute atomic E-state index is 0.0174. The quantitative estimate of drug-likeness (QED) is 0.885. The van der Waals surface area contributed by atoms with Crippen LogP contribution in [0.25, 0.3) is 0 Å². The number of urea groups is 1. The highest BCUT2D eigenvalue weighted by molar-refractivity contribution is 5.89. The molecule has 4 nitrogen and oxygen atoms in total. The normalized spacial score (nSPS) is 15.2. The number of nitrogens with zero attached hydrogens (tertiary/aromatic N) is 2. The molecule has 0 atom stereocenters. The van der Waals surface area contributed by atoms with Crippen molar-refractivity contribution in [2.75, 3.05) is 36.4 Å². The predicted octanol–water partition coefficient (Wildman–Crippen LogP) is 4.34. The van der Waals surface area contributed by atoms with Gasteiger partial charge in [-0.2, -0.15) is 0 Å². The molecule has 2 aromatic carbocycles. The van der Waals surface area contributed by atoms with Crippen LogP contribution in [0.4, 0.5) is 16.2 Å². The highest BCUT2D eigenvalue weighted by Crippen LogP contribution is 2.23. The van der Waals surface area contributed by atoms with E-state index in [1.165, 1.54) is 11.3 Å². The van der Waals surface area contributed by atoms with Crippen LogP contribution in [-0.2, 0) is 5.41 Å². The number of amides is 2. The SMILES string of the molecule is CC(C)(C)c1ccc(NC(=O)N2CCN(c3ccccc3)CC2)cc1. The summed E-state index contributed by atoms with van der Waals surface area (Å²) in [6, 6.07) is 18.5. The number of anilines is 2. The Morgan fingerprint density at radius 1 is 0.880 bits per heavy atom. The van der Waals surface area contributed by atoms with Crippen LogP contribution in [0.1, 0.15) is 26.3 Å². The number of rotatable bonds is 2. The first-order chi connectivity index (χ1) is 11.9. The second-order valence-corrected chi connectivity index (χ2v) is 7.57. The molecule has 2 amide bonds. The summed E-state index contributed by atoms with van der Waals surface area (Å²) in [7, 11) is 0. The third-order valence-electron chi connectivity index (χ3n) is 4.69. The van der Waals surface area contributed by atoms with E-state index in [2.05, 4.69) is 67.4 Å². The molecule has 0 saturated carbocycles. The summed E-state index contributed by atoms with van der Waals surface area (Å²) >= 11 is 0. The lowest BCUT2D eigenvalue weighted by Crippen LogP contribution is -2.50. The van der Waals surface area contributed by atoms with E-state index in [9.17, 15) is 4.79 Å². The van der Waals surface area contributed by atoms with Gasteiger partial charge in [-0.3, -0.25) is 0 Å². The maximum Gasteiger partial charge on any atom is 0.321 e. The van der Waals surface area contributed by atoms with E-state index in [-0.39, 0.29) is 11.4 Å². The third kappa shape index (κ3) is 4.32. The van der Waals surface area contributed by atoms with Crippen molar-refractivity contribution >= 4 is 17.4 Å². The summed E-state index contributed by atoms with van der Waals surface area (Å²) in [6.45, 7) is 9.76. The van der Waals surface area contributed by atoms with Crippen molar-refractivity contribution in [2.45, 2.75) is 26.2 Å². The zero-order valence-corrected chi connectivity index (χ0v) is 15.3. The molecule has 0 aromatic heterocycles. The van der Waals surface area contributed by atoms with Gasteiger partial charge in [-0.05, 0) is 35.2 Å². The van der Waals surface area contributed by atoms with Crippen molar-refractivity contribution < 1.29 is 4.79 Å². The molecule has 0 spiro atoms. The fourth-order valence-corrected chi connectivity index (χ4v) is 3.06. The minimum Gasteiger partial charge on any atom is -0.368 e. The molecule has 0 unspecified atom stereocenters. The van der Waals surface area contributed by atoms with E-state index in [1.807, 2.05) is 23.1 Å². The molecule has 1 aliphatic rings. The topological polar surface area (TPSA) is 35.6 Å². The lowest BCUT2D eigenvalue weighted by Gasteiger charge is -2.36. The van der Waals surface area contributed by atoms with Crippen LogP contribution < -0.4 is 10.2 Å². The van der Waals surface area contributed by atoms with Crippen LogP contribution in [0.5, 0.6) is 0 Å². The summed E-state index contributed by atoms with van der Waals surface area (Å²) in [4.78, 5) is 16.7. The fourth-order valence-electron chi connectivity index (χ4n) is 3.06. The lowest BCUT2D eigenvalue weighted by atomic mass is 9.87. The van der Waals surface area contributed by atoms with Gasteiger partial charge in [-0.15, -0.1) is 0 Å². The number of hydrogen-bond donors (Lipinski definition) is 1. The van der Waals surface area contributed by atoms with E-state index in [0.29, 0.717) is 0 Å². The molecule has 1 aliphatic heterocycles. The standard InChI is InChI=1S/C21H27N3O/c1-21(2,3)17-9-11-18(12-10-17)22-20(25)24-15-13-23(14-16-24)19-7-5-4-6-8-19/h4-12H,13-16H2,1-3H3,(H,22,25). The van der Waals surface area contributed by atoms with Crippen molar-refractivity contribution in [3.8, 4) is 0 Å². The molecule has 1 saturated heterocycles. The average Bonchev–Trinajstić information content (AvgIpc) is 2.62. The minimum atomic E-state index is -0.0174. The van der Waals surface area contributed by atoms with Crippen molar-refractivity contribution in [3.05, 3.63) is 60.2 Å². The summed E-state index contributed by atoms with van der Waals surface area (Å²) < 4.78 is 0. The Hall–Kier alpha value is -2.49. The van der Waals surface area contributed by atoms with Gasteiger partial charge in [0.05, 0.1) is 0 Å². The Kier molecular flexibility index (Phi) is 4.98. The first kappa shape index (κ1) is 17.3. The summed E-state index contributed by atoms with van der Waals surface area (Å²) in [5, 5.41) is 3.01. The number of carbonyl (C=O) groups excluding carboxylic acids is 1. The number of carbonyl (C=O) groups is 1. The number of para-hydroxylation sites is 1. The molecule has 132 valence electrons. The van der Waals surface area contributed by atoms with Crippen LogP contribution in [0.2, 0.25) is 0 Å². The maximum atomic E-state index is 12.5. The Morgan fingerprint density at radius 3 is 2.04 bits per heavy atom. The molecular weight excluding hydrogens is 310 g/mol. The van der Waals surface area contributed by atoms with E-state index >= 15 is 0 Å². The molecule has 0 bridgehead atoms. The highest BCUT2D eigenvalue weighted by Gasteiger charge is 2.21. The molecule has 1 heterocycles. The van der Waals surface area contributed by atoms with Gasteiger partial charge in [0, 0.05) is 37.6 Å². The predicted molar refractivity (Wildman–Crippen MR) is 104 cm³/mol. The molecule has 25 heavy (non-hydrogen) atoms. The molecule has 2 aromatic rings. The van der Waals surface area contributed by atoms with Crippen LogP contribution >= 0.6 is 0 Å². The van der Waals surface area contributed by atoms with E-state index in [0.717, 1.165) is 31.9 Å².